The molecule has 0 atom stereocenters. The molecule has 0 aliphatic heterocycles. The molecule has 0 heterocycles. The van der Waals surface area contributed by atoms with E-state index in [0.717, 1.165) is 16.9 Å². The van der Waals surface area contributed by atoms with Crippen LogP contribution in [0.5, 0.6) is 5.75 Å². The van der Waals surface area contributed by atoms with Gasteiger partial charge in [0.25, 0.3) is 0 Å². The number of hydrogen-bond donors (Lipinski definition) is 0. The predicted octanol–water partition coefficient (Wildman–Crippen LogP) is 3.85. The highest BCUT2D eigenvalue weighted by Gasteiger charge is 2.10. The Morgan fingerprint density at radius 3 is 2.50 bits per heavy atom. The summed E-state index contributed by atoms with van der Waals surface area (Å²) in [5, 5.41) is 9.01. The van der Waals surface area contributed by atoms with Gasteiger partial charge in [-0.15, -0.1) is 0 Å². The van der Waals surface area contributed by atoms with Gasteiger partial charge < -0.3 is 4.74 Å². The Hall–Kier alpha value is -2.27. The molecule has 90 valence electrons. The quantitative estimate of drug-likeness (QED) is 0.794. The average Bonchev–Trinajstić information content (AvgIpc) is 2.41. The Labute approximate surface area is 107 Å². The van der Waals surface area contributed by atoms with Gasteiger partial charge in [-0.05, 0) is 48.7 Å². The average molecular weight is 237 g/mol. The maximum absolute atomic E-state index is 9.01. The van der Waals surface area contributed by atoms with E-state index in [4.69, 9.17) is 10.00 Å². The summed E-state index contributed by atoms with van der Waals surface area (Å²) in [4.78, 5) is 0. The highest BCUT2D eigenvalue weighted by atomic mass is 16.5. The second-order valence-electron chi connectivity index (χ2n) is 4.27. The number of benzene rings is 2. The number of rotatable bonds is 2. The summed E-state index contributed by atoms with van der Waals surface area (Å²) in [6.45, 7) is 4.17. The second kappa shape index (κ2) is 4.93. The molecule has 0 spiro atoms. The Balaban J connectivity index is 2.69. The lowest BCUT2D eigenvalue weighted by Gasteiger charge is -2.13. The molecular weight excluding hydrogens is 222 g/mol. The van der Waals surface area contributed by atoms with Crippen LogP contribution in [0.25, 0.3) is 11.1 Å². The minimum Gasteiger partial charge on any atom is -0.496 e. The topological polar surface area (TPSA) is 33.0 Å². The van der Waals surface area contributed by atoms with Gasteiger partial charge in [0.05, 0.1) is 18.7 Å². The Morgan fingerprint density at radius 2 is 1.83 bits per heavy atom. The summed E-state index contributed by atoms with van der Waals surface area (Å²) in [6.07, 6.45) is 0. The monoisotopic (exact) mass is 237 g/mol. The third kappa shape index (κ3) is 2.08. The van der Waals surface area contributed by atoms with Gasteiger partial charge in [-0.1, -0.05) is 18.2 Å². The van der Waals surface area contributed by atoms with Gasteiger partial charge in [0.15, 0.2) is 0 Å². The van der Waals surface area contributed by atoms with Crippen molar-refractivity contribution in [1.29, 1.82) is 5.26 Å². The normalized spacial score (nSPS) is 9.89. The molecule has 0 amide bonds. The summed E-state index contributed by atoms with van der Waals surface area (Å²) in [5.41, 5.74) is 5.18. The van der Waals surface area contributed by atoms with Crippen LogP contribution in [-0.2, 0) is 0 Å². The molecule has 0 N–H and O–H groups in total. The van der Waals surface area contributed by atoms with Crippen molar-refractivity contribution >= 4 is 0 Å². The van der Waals surface area contributed by atoms with Crippen LogP contribution >= 0.6 is 0 Å². The SMILES string of the molecule is COc1ccc(C#N)cc1-c1cccc(C)c1C. The van der Waals surface area contributed by atoms with Crippen molar-refractivity contribution in [2.24, 2.45) is 0 Å². The van der Waals surface area contributed by atoms with Crippen LogP contribution < -0.4 is 4.74 Å². The predicted molar refractivity (Wildman–Crippen MR) is 72.6 cm³/mol. The van der Waals surface area contributed by atoms with E-state index in [1.807, 2.05) is 18.2 Å². The first-order chi connectivity index (χ1) is 8.67. The molecule has 2 nitrogen and oxygen atoms in total. The van der Waals surface area contributed by atoms with Gasteiger partial charge in [0, 0.05) is 5.56 Å². The molecule has 2 heteroatoms. The fourth-order valence-electron chi connectivity index (χ4n) is 2.03. The van der Waals surface area contributed by atoms with Crippen LogP contribution in [-0.4, -0.2) is 7.11 Å². The third-order valence-electron chi connectivity index (χ3n) is 3.22. The first-order valence-electron chi connectivity index (χ1n) is 5.82. The van der Waals surface area contributed by atoms with Crippen molar-refractivity contribution in [3.63, 3.8) is 0 Å². The third-order valence-corrected chi connectivity index (χ3v) is 3.22. The maximum atomic E-state index is 9.01. The second-order valence-corrected chi connectivity index (χ2v) is 4.27. The van der Waals surface area contributed by atoms with Crippen molar-refractivity contribution < 1.29 is 4.74 Å². The molecular formula is C16H15NO. The van der Waals surface area contributed by atoms with Gasteiger partial charge in [0.2, 0.25) is 0 Å². The zero-order chi connectivity index (χ0) is 13.1. The van der Waals surface area contributed by atoms with Gasteiger partial charge in [0.1, 0.15) is 5.75 Å². The smallest absolute Gasteiger partial charge is 0.126 e. The van der Waals surface area contributed by atoms with E-state index in [0.29, 0.717) is 5.56 Å². The number of nitrogens with zero attached hydrogens (tertiary/aromatic N) is 1. The first-order valence-corrected chi connectivity index (χ1v) is 5.82. The van der Waals surface area contributed by atoms with Gasteiger partial charge in [-0.25, -0.2) is 0 Å². The van der Waals surface area contributed by atoms with Gasteiger partial charge in [-0.3, -0.25) is 0 Å². The number of aryl methyl sites for hydroxylation is 1. The number of hydrogen-bond acceptors (Lipinski definition) is 2. The van der Waals surface area contributed by atoms with E-state index < -0.39 is 0 Å². The Morgan fingerprint density at radius 1 is 1.06 bits per heavy atom. The van der Waals surface area contributed by atoms with Crippen molar-refractivity contribution in [2.45, 2.75) is 13.8 Å². The van der Waals surface area contributed by atoms with Crippen LogP contribution in [0.1, 0.15) is 16.7 Å². The van der Waals surface area contributed by atoms with Crippen molar-refractivity contribution in [1.82, 2.24) is 0 Å². The Bertz CT molecular complexity index is 623. The van der Waals surface area contributed by atoms with Gasteiger partial charge in [-0.2, -0.15) is 5.26 Å². The molecule has 0 aliphatic carbocycles. The minimum atomic E-state index is 0.645. The lowest BCUT2D eigenvalue weighted by molar-refractivity contribution is 0.416. The lowest BCUT2D eigenvalue weighted by atomic mass is 9.95. The molecule has 0 unspecified atom stereocenters. The standard InChI is InChI=1S/C16H15NO/c1-11-5-4-6-14(12(11)2)15-9-13(10-17)7-8-16(15)18-3/h4-9H,1-3H3. The van der Waals surface area contributed by atoms with Crippen molar-refractivity contribution in [3.8, 4) is 22.9 Å². The molecule has 2 rings (SSSR count). The molecule has 18 heavy (non-hydrogen) atoms. The lowest BCUT2D eigenvalue weighted by Crippen LogP contribution is -1.92. The summed E-state index contributed by atoms with van der Waals surface area (Å²) in [5.74, 6) is 0.794. The molecule has 0 aromatic heterocycles. The molecule has 0 saturated carbocycles. The van der Waals surface area contributed by atoms with Gasteiger partial charge >= 0.3 is 0 Å². The molecule has 0 bridgehead atoms. The fraction of sp³-hybridized carbons (Fsp3) is 0.188. The molecule has 2 aromatic carbocycles. The minimum absolute atomic E-state index is 0.645. The molecule has 2 aromatic rings. The zero-order valence-electron chi connectivity index (χ0n) is 10.8. The summed E-state index contributed by atoms with van der Waals surface area (Å²) >= 11 is 0. The van der Waals surface area contributed by atoms with Crippen LogP contribution in [0.2, 0.25) is 0 Å². The maximum Gasteiger partial charge on any atom is 0.126 e. The molecule has 0 radical (unpaired) electrons. The van der Waals surface area contributed by atoms with Crippen LogP contribution in [0, 0.1) is 25.2 Å². The molecule has 0 saturated heterocycles. The molecule has 0 fully saturated rings. The number of nitriles is 1. The van der Waals surface area contributed by atoms with Crippen molar-refractivity contribution in [3.05, 3.63) is 53.1 Å². The number of methoxy groups -OCH3 is 1. The Kier molecular flexibility index (Phi) is 3.34. The fourth-order valence-corrected chi connectivity index (χ4v) is 2.03. The summed E-state index contributed by atoms with van der Waals surface area (Å²) < 4.78 is 5.38. The van der Waals surface area contributed by atoms with Crippen LogP contribution in [0.4, 0.5) is 0 Å². The van der Waals surface area contributed by atoms with E-state index >= 15 is 0 Å². The van der Waals surface area contributed by atoms with E-state index in [2.05, 4.69) is 32.0 Å². The summed E-state index contributed by atoms with van der Waals surface area (Å²) in [7, 11) is 1.65. The van der Waals surface area contributed by atoms with E-state index in [1.165, 1.54) is 11.1 Å². The van der Waals surface area contributed by atoms with E-state index in [1.54, 1.807) is 13.2 Å². The number of ether oxygens (including phenoxy) is 1. The van der Waals surface area contributed by atoms with Crippen molar-refractivity contribution in [2.75, 3.05) is 7.11 Å². The van der Waals surface area contributed by atoms with E-state index in [9.17, 15) is 0 Å². The largest absolute Gasteiger partial charge is 0.496 e. The van der Waals surface area contributed by atoms with Crippen LogP contribution in [0.15, 0.2) is 36.4 Å². The summed E-state index contributed by atoms with van der Waals surface area (Å²) in [6, 6.07) is 13.8. The first kappa shape index (κ1) is 12.2. The molecule has 0 aliphatic rings. The van der Waals surface area contributed by atoms with Crippen LogP contribution in [0.3, 0.4) is 0 Å². The highest BCUT2D eigenvalue weighted by Crippen LogP contribution is 2.33. The van der Waals surface area contributed by atoms with E-state index in [-0.39, 0.29) is 0 Å². The zero-order valence-corrected chi connectivity index (χ0v) is 10.8. The highest BCUT2D eigenvalue weighted by molar-refractivity contribution is 5.75.